The Hall–Kier alpha value is -3.63. The van der Waals surface area contributed by atoms with Crippen molar-refractivity contribution in [3.05, 3.63) is 65.4 Å². The third kappa shape index (κ3) is 4.14. The molecule has 0 unspecified atom stereocenters. The molecule has 0 radical (unpaired) electrons. The van der Waals surface area contributed by atoms with Gasteiger partial charge in [0.05, 0.1) is 18.2 Å². The molecule has 0 saturated heterocycles. The number of esters is 1. The number of fused-ring (bicyclic) bond motifs is 1. The average molecular weight is 364 g/mol. The first-order valence-corrected chi connectivity index (χ1v) is 8.09. The minimum Gasteiger partial charge on any atom is -0.450 e. The molecule has 7 nitrogen and oxygen atoms in total. The lowest BCUT2D eigenvalue weighted by Crippen LogP contribution is -2.21. The van der Waals surface area contributed by atoms with Crippen LogP contribution in [-0.4, -0.2) is 25.6 Å². The number of amides is 1. The molecule has 0 spiro atoms. The molecular weight excluding hydrogens is 348 g/mol. The number of para-hydroxylation sites is 1. The number of nitrogens with one attached hydrogen (secondary N) is 1. The molecule has 0 atom stereocenters. The van der Waals surface area contributed by atoms with Crippen molar-refractivity contribution < 1.29 is 23.5 Å². The molecule has 0 aliphatic carbocycles. The van der Waals surface area contributed by atoms with Crippen molar-refractivity contribution in [3.8, 4) is 6.07 Å². The van der Waals surface area contributed by atoms with Gasteiger partial charge in [0.15, 0.2) is 6.61 Å². The number of anilines is 1. The van der Waals surface area contributed by atoms with Crippen LogP contribution in [0, 0.1) is 11.3 Å². The SMILES string of the molecule is COCc1c(C(=O)OCC(=O)Nc2cccc(C#N)c2)oc2ccccc12. The van der Waals surface area contributed by atoms with Gasteiger partial charge in [-0.3, -0.25) is 4.79 Å². The quantitative estimate of drug-likeness (QED) is 0.674. The summed E-state index contributed by atoms with van der Waals surface area (Å²) >= 11 is 0. The van der Waals surface area contributed by atoms with E-state index in [4.69, 9.17) is 19.2 Å². The average Bonchev–Trinajstić information content (AvgIpc) is 3.05. The highest BCUT2D eigenvalue weighted by atomic mass is 16.5. The second kappa shape index (κ2) is 8.17. The molecule has 1 aromatic heterocycles. The number of hydrogen-bond donors (Lipinski definition) is 1. The zero-order chi connectivity index (χ0) is 19.2. The van der Waals surface area contributed by atoms with Crippen LogP contribution in [0.15, 0.2) is 52.9 Å². The first-order chi connectivity index (χ1) is 13.1. The Morgan fingerprint density at radius 1 is 1.19 bits per heavy atom. The fraction of sp³-hybridized carbons (Fsp3) is 0.150. The molecule has 1 heterocycles. The minimum atomic E-state index is -0.751. The van der Waals surface area contributed by atoms with Crippen molar-refractivity contribution in [2.75, 3.05) is 19.0 Å². The molecule has 1 N–H and O–H groups in total. The minimum absolute atomic E-state index is 0.0114. The lowest BCUT2D eigenvalue weighted by molar-refractivity contribution is -0.119. The van der Waals surface area contributed by atoms with Gasteiger partial charge in [-0.25, -0.2) is 4.79 Å². The van der Waals surface area contributed by atoms with Gasteiger partial charge in [-0.15, -0.1) is 0 Å². The summed E-state index contributed by atoms with van der Waals surface area (Å²) in [6.07, 6.45) is 0. The summed E-state index contributed by atoms with van der Waals surface area (Å²) in [6.45, 7) is -0.312. The Bertz CT molecular complexity index is 1030. The number of carbonyl (C=O) groups is 2. The van der Waals surface area contributed by atoms with Crippen LogP contribution in [0.1, 0.15) is 21.7 Å². The van der Waals surface area contributed by atoms with E-state index in [-0.39, 0.29) is 12.4 Å². The highest BCUT2D eigenvalue weighted by molar-refractivity contribution is 5.98. The molecule has 27 heavy (non-hydrogen) atoms. The molecule has 7 heteroatoms. The second-order valence-corrected chi connectivity index (χ2v) is 5.66. The molecule has 3 aromatic rings. The Morgan fingerprint density at radius 3 is 2.78 bits per heavy atom. The van der Waals surface area contributed by atoms with E-state index in [1.54, 1.807) is 30.3 Å². The standard InChI is InChI=1S/C20H16N2O5/c1-25-11-16-15-7-2-3-8-17(15)27-19(16)20(24)26-12-18(23)22-14-6-4-5-13(9-14)10-21/h2-9H,11-12H2,1H3,(H,22,23). The van der Waals surface area contributed by atoms with Gasteiger partial charge in [0, 0.05) is 23.7 Å². The van der Waals surface area contributed by atoms with Crippen LogP contribution in [0.5, 0.6) is 0 Å². The maximum atomic E-state index is 12.4. The molecule has 2 aromatic carbocycles. The van der Waals surface area contributed by atoms with E-state index >= 15 is 0 Å². The zero-order valence-electron chi connectivity index (χ0n) is 14.5. The lowest BCUT2D eigenvalue weighted by Gasteiger charge is -2.07. The predicted molar refractivity (Wildman–Crippen MR) is 97.0 cm³/mol. The van der Waals surface area contributed by atoms with Crippen molar-refractivity contribution in [3.63, 3.8) is 0 Å². The number of nitrogens with zero attached hydrogens (tertiary/aromatic N) is 1. The number of hydrogen-bond acceptors (Lipinski definition) is 6. The summed E-state index contributed by atoms with van der Waals surface area (Å²) in [4.78, 5) is 24.4. The molecular formula is C20H16N2O5. The van der Waals surface area contributed by atoms with E-state index in [9.17, 15) is 9.59 Å². The molecule has 136 valence electrons. The van der Waals surface area contributed by atoms with Crippen LogP contribution in [0.3, 0.4) is 0 Å². The van der Waals surface area contributed by atoms with Gasteiger partial charge in [-0.2, -0.15) is 5.26 Å². The molecule has 0 aliphatic rings. The third-order valence-electron chi connectivity index (χ3n) is 3.78. The summed E-state index contributed by atoms with van der Waals surface area (Å²) in [7, 11) is 1.51. The Kier molecular flexibility index (Phi) is 5.50. The van der Waals surface area contributed by atoms with Crippen LogP contribution >= 0.6 is 0 Å². The molecule has 0 fully saturated rings. The summed E-state index contributed by atoms with van der Waals surface area (Å²) in [5.74, 6) is -1.26. The first kappa shape index (κ1) is 18.2. The van der Waals surface area contributed by atoms with Crippen molar-refractivity contribution in [1.82, 2.24) is 0 Å². The van der Waals surface area contributed by atoms with E-state index in [2.05, 4.69) is 5.32 Å². The fourth-order valence-corrected chi connectivity index (χ4v) is 2.61. The monoisotopic (exact) mass is 364 g/mol. The summed E-state index contributed by atoms with van der Waals surface area (Å²) < 4.78 is 15.8. The molecule has 1 amide bonds. The van der Waals surface area contributed by atoms with Gasteiger partial charge in [0.2, 0.25) is 5.76 Å². The third-order valence-corrected chi connectivity index (χ3v) is 3.78. The van der Waals surface area contributed by atoms with Crippen molar-refractivity contribution in [2.24, 2.45) is 0 Å². The van der Waals surface area contributed by atoms with Crippen molar-refractivity contribution in [1.29, 1.82) is 5.26 Å². The fourth-order valence-electron chi connectivity index (χ4n) is 2.61. The predicted octanol–water partition coefficient (Wildman–Crippen LogP) is 3.25. The smallest absolute Gasteiger partial charge is 0.375 e. The Labute approximate surface area is 155 Å². The molecule has 0 aliphatic heterocycles. The van der Waals surface area contributed by atoms with Crippen LogP contribution < -0.4 is 5.32 Å². The number of carbonyl (C=O) groups excluding carboxylic acids is 2. The van der Waals surface area contributed by atoms with Gasteiger partial charge in [-0.05, 0) is 24.3 Å². The van der Waals surface area contributed by atoms with Gasteiger partial charge < -0.3 is 19.2 Å². The van der Waals surface area contributed by atoms with Crippen molar-refractivity contribution in [2.45, 2.75) is 6.61 Å². The van der Waals surface area contributed by atoms with E-state index in [1.807, 2.05) is 18.2 Å². The number of furan rings is 1. The van der Waals surface area contributed by atoms with Gasteiger partial charge in [0.1, 0.15) is 5.58 Å². The van der Waals surface area contributed by atoms with E-state index < -0.39 is 18.5 Å². The van der Waals surface area contributed by atoms with Crippen LogP contribution in [0.4, 0.5) is 5.69 Å². The van der Waals surface area contributed by atoms with Gasteiger partial charge >= 0.3 is 5.97 Å². The first-order valence-electron chi connectivity index (χ1n) is 8.09. The number of rotatable bonds is 6. The maximum Gasteiger partial charge on any atom is 0.375 e. The second-order valence-electron chi connectivity index (χ2n) is 5.66. The van der Waals surface area contributed by atoms with E-state index in [0.717, 1.165) is 5.39 Å². The van der Waals surface area contributed by atoms with Crippen LogP contribution in [0.25, 0.3) is 11.0 Å². The van der Waals surface area contributed by atoms with E-state index in [0.29, 0.717) is 22.4 Å². The summed E-state index contributed by atoms with van der Waals surface area (Å²) in [5, 5.41) is 12.2. The normalized spacial score (nSPS) is 10.4. The topological polar surface area (TPSA) is 102 Å². The number of ether oxygens (including phenoxy) is 2. The summed E-state index contributed by atoms with van der Waals surface area (Å²) in [5.41, 5.74) is 1.96. The van der Waals surface area contributed by atoms with Crippen LogP contribution in [-0.2, 0) is 20.9 Å². The van der Waals surface area contributed by atoms with Gasteiger partial charge in [0.25, 0.3) is 5.91 Å². The number of benzene rings is 2. The highest BCUT2D eigenvalue weighted by Gasteiger charge is 2.22. The number of nitriles is 1. The molecule has 0 saturated carbocycles. The largest absolute Gasteiger partial charge is 0.450 e. The Balaban J connectivity index is 1.68. The highest BCUT2D eigenvalue weighted by Crippen LogP contribution is 2.27. The zero-order valence-corrected chi connectivity index (χ0v) is 14.5. The van der Waals surface area contributed by atoms with Gasteiger partial charge in [-0.1, -0.05) is 24.3 Å². The molecule has 3 rings (SSSR count). The number of methoxy groups -OCH3 is 1. The lowest BCUT2D eigenvalue weighted by atomic mass is 10.1. The molecule has 0 bridgehead atoms. The Morgan fingerprint density at radius 2 is 2.00 bits per heavy atom. The maximum absolute atomic E-state index is 12.4. The summed E-state index contributed by atoms with van der Waals surface area (Å²) in [6, 6.07) is 15.6. The van der Waals surface area contributed by atoms with Crippen molar-refractivity contribution >= 4 is 28.5 Å². The van der Waals surface area contributed by atoms with E-state index in [1.165, 1.54) is 13.2 Å². The van der Waals surface area contributed by atoms with Crippen LogP contribution in [0.2, 0.25) is 0 Å².